The van der Waals surface area contributed by atoms with E-state index in [0.717, 1.165) is 0 Å². The summed E-state index contributed by atoms with van der Waals surface area (Å²) < 4.78 is 1.28. The van der Waals surface area contributed by atoms with E-state index in [1.807, 2.05) is 0 Å². The monoisotopic (exact) mass is 306 g/mol. The van der Waals surface area contributed by atoms with Crippen molar-refractivity contribution in [2.75, 3.05) is 4.43 Å². The minimum Gasteiger partial charge on any atom is -0.0885 e. The van der Waals surface area contributed by atoms with Crippen molar-refractivity contribution in [1.29, 1.82) is 0 Å². The van der Waals surface area contributed by atoms with Crippen LogP contribution in [-0.2, 0) is 0 Å². The van der Waals surface area contributed by atoms with Crippen molar-refractivity contribution in [3.05, 3.63) is 24.3 Å². The maximum Gasteiger partial charge on any atom is -0.000178 e. The quantitative estimate of drug-likeness (QED) is 0.235. The molecule has 0 saturated heterocycles. The zero-order chi connectivity index (χ0) is 10.5. The van der Waals surface area contributed by atoms with Gasteiger partial charge in [0.1, 0.15) is 0 Å². The molecular weight excluding hydrogens is 283 g/mol. The number of unbranched alkanes of at least 4 members (excludes halogenated alkanes) is 4. The van der Waals surface area contributed by atoms with E-state index in [-0.39, 0.29) is 0 Å². The number of rotatable bonds is 9. The maximum absolute atomic E-state index is 2.43. The predicted octanol–water partition coefficient (Wildman–Crippen LogP) is 5.28. The Morgan fingerprint density at radius 1 is 0.786 bits per heavy atom. The lowest BCUT2D eigenvalue weighted by molar-refractivity contribution is 0.811. The fourth-order valence-electron chi connectivity index (χ4n) is 1.18. The topological polar surface area (TPSA) is 0 Å². The number of hydrogen-bond donors (Lipinski definition) is 0. The SMILES string of the molecule is CCCC/C=C/CC/C=C\CCCI. The summed E-state index contributed by atoms with van der Waals surface area (Å²) in [6.07, 6.45) is 18.2. The molecule has 0 bridgehead atoms. The summed E-state index contributed by atoms with van der Waals surface area (Å²) >= 11 is 2.43. The van der Waals surface area contributed by atoms with E-state index in [0.29, 0.717) is 0 Å². The maximum atomic E-state index is 2.43. The zero-order valence-electron chi connectivity index (χ0n) is 9.34. The highest BCUT2D eigenvalue weighted by Gasteiger charge is 1.80. The van der Waals surface area contributed by atoms with Crippen molar-refractivity contribution in [1.82, 2.24) is 0 Å². The van der Waals surface area contributed by atoms with Crippen molar-refractivity contribution in [2.45, 2.75) is 51.9 Å². The first-order chi connectivity index (χ1) is 6.91. The van der Waals surface area contributed by atoms with Crippen LogP contribution in [0.15, 0.2) is 24.3 Å². The summed E-state index contributed by atoms with van der Waals surface area (Å²) in [6, 6.07) is 0. The molecule has 0 aliphatic carbocycles. The minimum absolute atomic E-state index is 1.21. The van der Waals surface area contributed by atoms with Crippen LogP contribution in [-0.4, -0.2) is 4.43 Å². The molecule has 0 aromatic heterocycles. The van der Waals surface area contributed by atoms with Crippen LogP contribution in [0.1, 0.15) is 51.9 Å². The average Bonchev–Trinajstić information content (AvgIpc) is 2.21. The summed E-state index contributed by atoms with van der Waals surface area (Å²) in [4.78, 5) is 0. The Balaban J connectivity index is 3.11. The minimum atomic E-state index is 1.21. The van der Waals surface area contributed by atoms with Crippen LogP contribution in [0.4, 0.5) is 0 Å². The van der Waals surface area contributed by atoms with Gasteiger partial charge in [0.2, 0.25) is 0 Å². The largest absolute Gasteiger partial charge is 0.0885 e. The molecule has 0 amide bonds. The molecule has 0 aromatic rings. The molecule has 0 aliphatic rings. The first-order valence-corrected chi connectivity index (χ1v) is 7.30. The number of hydrogen-bond acceptors (Lipinski definition) is 0. The fraction of sp³-hybridized carbons (Fsp3) is 0.692. The van der Waals surface area contributed by atoms with Gasteiger partial charge in [0.05, 0.1) is 0 Å². The molecule has 0 unspecified atom stereocenters. The zero-order valence-corrected chi connectivity index (χ0v) is 11.5. The molecule has 1 heteroatoms. The predicted molar refractivity (Wildman–Crippen MR) is 75.2 cm³/mol. The molecule has 0 aliphatic heterocycles. The highest BCUT2D eigenvalue weighted by Crippen LogP contribution is 2.00. The van der Waals surface area contributed by atoms with Gasteiger partial charge in [-0.2, -0.15) is 0 Å². The summed E-state index contributed by atoms with van der Waals surface area (Å²) in [6.45, 7) is 2.24. The van der Waals surface area contributed by atoms with E-state index in [4.69, 9.17) is 0 Å². The van der Waals surface area contributed by atoms with Crippen molar-refractivity contribution in [3.63, 3.8) is 0 Å². The Bertz CT molecular complexity index is 129. The van der Waals surface area contributed by atoms with Crippen molar-refractivity contribution < 1.29 is 0 Å². The smallest absolute Gasteiger partial charge is 0.000178 e. The number of alkyl halides is 1. The normalized spacial score (nSPS) is 11.9. The van der Waals surface area contributed by atoms with Gasteiger partial charge in [-0.1, -0.05) is 66.7 Å². The molecular formula is C13H23I. The van der Waals surface area contributed by atoms with Crippen LogP contribution in [0, 0.1) is 0 Å². The highest BCUT2D eigenvalue weighted by molar-refractivity contribution is 14.1. The third-order valence-electron chi connectivity index (χ3n) is 2.06. The van der Waals surface area contributed by atoms with E-state index in [9.17, 15) is 0 Å². The van der Waals surface area contributed by atoms with Gasteiger partial charge in [-0.3, -0.25) is 0 Å². The molecule has 0 nitrogen and oxygen atoms in total. The van der Waals surface area contributed by atoms with Crippen LogP contribution in [0.3, 0.4) is 0 Å². The van der Waals surface area contributed by atoms with Gasteiger partial charge in [-0.25, -0.2) is 0 Å². The lowest BCUT2D eigenvalue weighted by Crippen LogP contribution is -1.71. The van der Waals surface area contributed by atoms with E-state index in [2.05, 4.69) is 53.8 Å². The van der Waals surface area contributed by atoms with Crippen LogP contribution in [0.2, 0.25) is 0 Å². The second-order valence-electron chi connectivity index (χ2n) is 3.49. The van der Waals surface area contributed by atoms with Crippen molar-refractivity contribution in [3.8, 4) is 0 Å². The van der Waals surface area contributed by atoms with Gasteiger partial charge in [0.15, 0.2) is 0 Å². The summed E-state index contributed by atoms with van der Waals surface area (Å²) in [5.41, 5.74) is 0. The molecule has 0 saturated carbocycles. The van der Waals surface area contributed by atoms with Gasteiger partial charge < -0.3 is 0 Å². The standard InChI is InChI=1S/C13H23I/c1-2-3-4-5-6-7-8-9-10-11-12-13-14/h5-6,9-10H,2-4,7-8,11-13H2,1H3/b6-5+,10-9-. The van der Waals surface area contributed by atoms with E-state index in [1.54, 1.807) is 0 Å². The van der Waals surface area contributed by atoms with Crippen LogP contribution >= 0.6 is 22.6 Å². The van der Waals surface area contributed by atoms with Gasteiger partial charge in [0.25, 0.3) is 0 Å². The molecule has 0 rings (SSSR count). The van der Waals surface area contributed by atoms with Crippen LogP contribution < -0.4 is 0 Å². The molecule has 0 N–H and O–H groups in total. The summed E-state index contributed by atoms with van der Waals surface area (Å²) in [5, 5.41) is 0. The molecule has 0 fully saturated rings. The second-order valence-corrected chi connectivity index (χ2v) is 4.57. The third-order valence-corrected chi connectivity index (χ3v) is 2.82. The molecule has 0 spiro atoms. The first-order valence-electron chi connectivity index (χ1n) is 5.77. The Kier molecular flexibility index (Phi) is 13.4. The number of allylic oxidation sites excluding steroid dienone is 4. The third kappa shape index (κ3) is 12.2. The lowest BCUT2D eigenvalue weighted by atomic mass is 10.2. The van der Waals surface area contributed by atoms with Crippen molar-refractivity contribution in [2.24, 2.45) is 0 Å². The summed E-state index contributed by atoms with van der Waals surface area (Å²) in [7, 11) is 0. The van der Waals surface area contributed by atoms with Crippen LogP contribution in [0.5, 0.6) is 0 Å². The molecule has 0 heterocycles. The summed E-state index contributed by atoms with van der Waals surface area (Å²) in [5.74, 6) is 0. The Labute approximate surface area is 103 Å². The second kappa shape index (κ2) is 13.2. The van der Waals surface area contributed by atoms with E-state index < -0.39 is 0 Å². The first kappa shape index (κ1) is 14.2. The fourth-order valence-corrected chi connectivity index (χ4v) is 1.62. The number of halogens is 1. The Hall–Kier alpha value is 0.210. The molecule has 82 valence electrons. The Morgan fingerprint density at radius 3 is 1.79 bits per heavy atom. The molecule has 0 atom stereocenters. The Morgan fingerprint density at radius 2 is 1.29 bits per heavy atom. The van der Waals surface area contributed by atoms with E-state index in [1.165, 1.54) is 49.4 Å². The average molecular weight is 306 g/mol. The molecule has 0 radical (unpaired) electrons. The van der Waals surface area contributed by atoms with Gasteiger partial charge >= 0.3 is 0 Å². The lowest BCUT2D eigenvalue weighted by Gasteiger charge is -1.90. The van der Waals surface area contributed by atoms with Crippen LogP contribution in [0.25, 0.3) is 0 Å². The van der Waals surface area contributed by atoms with E-state index >= 15 is 0 Å². The van der Waals surface area contributed by atoms with Gasteiger partial charge in [0, 0.05) is 0 Å². The van der Waals surface area contributed by atoms with Gasteiger partial charge in [-0.15, -0.1) is 0 Å². The molecule has 0 aromatic carbocycles. The molecule has 14 heavy (non-hydrogen) atoms. The highest BCUT2D eigenvalue weighted by atomic mass is 127. The van der Waals surface area contributed by atoms with Crippen molar-refractivity contribution >= 4 is 22.6 Å². The van der Waals surface area contributed by atoms with Gasteiger partial charge in [-0.05, 0) is 36.5 Å².